The molecular formula is C17H15Br2N5OS. The Bertz CT molecular complexity index is 1070. The predicted octanol–water partition coefficient (Wildman–Crippen LogP) is 4.54. The minimum atomic E-state index is -0.130. The highest BCUT2D eigenvalue weighted by Gasteiger charge is 2.36. The molecule has 0 saturated heterocycles. The van der Waals surface area contributed by atoms with Gasteiger partial charge >= 0.3 is 0 Å². The van der Waals surface area contributed by atoms with Gasteiger partial charge in [0, 0.05) is 20.9 Å². The molecule has 9 heteroatoms. The number of nitrogens with one attached hydrogen (secondary N) is 1. The summed E-state index contributed by atoms with van der Waals surface area (Å²) in [5, 5.41) is 10.3. The van der Waals surface area contributed by atoms with E-state index in [0.29, 0.717) is 34.4 Å². The van der Waals surface area contributed by atoms with Crippen LogP contribution in [0.15, 0.2) is 31.0 Å². The summed E-state index contributed by atoms with van der Waals surface area (Å²) in [5.41, 5.74) is 0.546. The lowest BCUT2D eigenvalue weighted by atomic mass is 10.2. The van der Waals surface area contributed by atoms with Crippen LogP contribution >= 0.6 is 43.6 Å². The Morgan fingerprint density at radius 3 is 2.73 bits per heavy atom. The topological polar surface area (TPSA) is 76.5 Å². The Balaban J connectivity index is 1.45. The van der Waals surface area contributed by atoms with E-state index in [2.05, 4.69) is 56.6 Å². The Hall–Kier alpha value is -1.19. The molecule has 1 N–H and O–H groups in total. The normalized spacial score (nSPS) is 17.2. The second-order valence-corrected chi connectivity index (χ2v) is 9.51. The van der Waals surface area contributed by atoms with Crippen molar-refractivity contribution in [2.45, 2.75) is 48.6 Å². The lowest BCUT2D eigenvalue weighted by Crippen LogP contribution is -2.12. The smallest absolute Gasteiger partial charge is 0.258 e. The van der Waals surface area contributed by atoms with Gasteiger partial charge in [0.25, 0.3) is 5.56 Å². The number of H-pyrrole nitrogens is 1. The summed E-state index contributed by atoms with van der Waals surface area (Å²) in [5.74, 6) is 2.94. The minimum absolute atomic E-state index is 0.130. The number of nitrogens with zero attached hydrogens (tertiary/aromatic N) is 4. The molecule has 0 unspecified atom stereocenters. The van der Waals surface area contributed by atoms with Gasteiger partial charge in [-0.05, 0) is 53.7 Å². The quantitative estimate of drug-likeness (QED) is 0.524. The van der Waals surface area contributed by atoms with Crippen molar-refractivity contribution < 1.29 is 0 Å². The van der Waals surface area contributed by atoms with E-state index in [1.807, 2.05) is 6.07 Å². The molecule has 26 heavy (non-hydrogen) atoms. The molecule has 2 heterocycles. The van der Waals surface area contributed by atoms with E-state index in [4.69, 9.17) is 0 Å². The molecule has 0 radical (unpaired) electrons. The van der Waals surface area contributed by atoms with Crippen LogP contribution in [0.4, 0.5) is 0 Å². The van der Waals surface area contributed by atoms with Gasteiger partial charge < -0.3 is 9.55 Å². The van der Waals surface area contributed by atoms with Crippen LogP contribution in [0.25, 0.3) is 10.9 Å². The van der Waals surface area contributed by atoms with Crippen LogP contribution in [0.3, 0.4) is 0 Å². The second kappa shape index (κ2) is 6.45. The van der Waals surface area contributed by atoms with Crippen molar-refractivity contribution in [2.24, 2.45) is 0 Å². The number of benzene rings is 1. The molecule has 0 bridgehead atoms. The first-order valence-electron chi connectivity index (χ1n) is 8.55. The predicted molar refractivity (Wildman–Crippen MR) is 108 cm³/mol. The second-order valence-electron chi connectivity index (χ2n) is 6.80. The average molecular weight is 497 g/mol. The number of aromatic amines is 1. The highest BCUT2D eigenvalue weighted by Crippen LogP contribution is 2.46. The van der Waals surface area contributed by atoms with Crippen LogP contribution in [-0.4, -0.2) is 24.7 Å². The first kappa shape index (κ1) is 16.9. The van der Waals surface area contributed by atoms with Crippen molar-refractivity contribution in [3.63, 3.8) is 0 Å². The first-order chi connectivity index (χ1) is 12.6. The third kappa shape index (κ3) is 3.14. The minimum Gasteiger partial charge on any atom is -0.309 e. The largest absolute Gasteiger partial charge is 0.309 e. The van der Waals surface area contributed by atoms with Crippen molar-refractivity contribution in [3.05, 3.63) is 43.1 Å². The van der Waals surface area contributed by atoms with E-state index < -0.39 is 0 Å². The highest BCUT2D eigenvalue weighted by atomic mass is 79.9. The van der Waals surface area contributed by atoms with Gasteiger partial charge in [-0.25, -0.2) is 4.98 Å². The van der Waals surface area contributed by atoms with E-state index in [0.717, 1.165) is 19.9 Å². The molecule has 6 nitrogen and oxygen atoms in total. The van der Waals surface area contributed by atoms with Gasteiger partial charge in [-0.2, -0.15) is 0 Å². The molecule has 2 saturated carbocycles. The van der Waals surface area contributed by atoms with Gasteiger partial charge in [0.15, 0.2) is 5.16 Å². The summed E-state index contributed by atoms with van der Waals surface area (Å²) >= 11 is 8.50. The number of thioether (sulfide) groups is 1. The van der Waals surface area contributed by atoms with Crippen molar-refractivity contribution in [1.29, 1.82) is 0 Å². The molecule has 0 atom stereocenters. The Labute approximate surface area is 170 Å². The van der Waals surface area contributed by atoms with Crippen molar-refractivity contribution >= 4 is 54.5 Å². The van der Waals surface area contributed by atoms with Gasteiger partial charge in [-0.15, -0.1) is 10.2 Å². The monoisotopic (exact) mass is 495 g/mol. The van der Waals surface area contributed by atoms with Crippen LogP contribution in [-0.2, 0) is 5.75 Å². The molecule has 0 aliphatic heterocycles. The first-order valence-corrected chi connectivity index (χ1v) is 11.1. The van der Waals surface area contributed by atoms with Gasteiger partial charge in [0.2, 0.25) is 0 Å². The zero-order valence-corrected chi connectivity index (χ0v) is 17.7. The van der Waals surface area contributed by atoms with Crippen LogP contribution < -0.4 is 5.56 Å². The third-order valence-electron chi connectivity index (χ3n) is 4.66. The SMILES string of the molecule is O=c1[nH]c(CSc2nnc(C3CC3)n2C2CC2)nc2c(Br)cc(Br)cc12. The summed E-state index contributed by atoms with van der Waals surface area (Å²) in [6, 6.07) is 4.24. The Morgan fingerprint density at radius 1 is 1.19 bits per heavy atom. The third-order valence-corrected chi connectivity index (χ3v) is 6.68. The highest BCUT2D eigenvalue weighted by molar-refractivity contribution is 9.11. The summed E-state index contributed by atoms with van der Waals surface area (Å²) in [6.07, 6.45) is 4.85. The maximum absolute atomic E-state index is 12.4. The fraction of sp³-hybridized carbons (Fsp3) is 0.412. The van der Waals surface area contributed by atoms with Gasteiger partial charge in [0.1, 0.15) is 11.6 Å². The number of hydrogen-bond acceptors (Lipinski definition) is 5. The fourth-order valence-corrected chi connectivity index (χ4v) is 5.29. The molecule has 2 aliphatic carbocycles. The molecule has 3 aromatic rings. The lowest BCUT2D eigenvalue weighted by Gasteiger charge is -2.08. The van der Waals surface area contributed by atoms with Gasteiger partial charge in [-0.1, -0.05) is 27.7 Å². The lowest BCUT2D eigenvalue weighted by molar-refractivity contribution is 0.626. The molecule has 1 aromatic carbocycles. The molecular weight excluding hydrogens is 482 g/mol. The number of fused-ring (bicyclic) bond motifs is 1. The molecule has 2 aliphatic rings. The summed E-state index contributed by atoms with van der Waals surface area (Å²) in [4.78, 5) is 20.0. The van der Waals surface area contributed by atoms with Crippen LogP contribution in [0.5, 0.6) is 0 Å². The summed E-state index contributed by atoms with van der Waals surface area (Å²) in [6.45, 7) is 0. The van der Waals surface area contributed by atoms with E-state index in [1.54, 1.807) is 17.8 Å². The molecule has 2 fully saturated rings. The molecule has 0 spiro atoms. The van der Waals surface area contributed by atoms with E-state index in [9.17, 15) is 4.79 Å². The van der Waals surface area contributed by atoms with Crippen LogP contribution in [0.2, 0.25) is 0 Å². The van der Waals surface area contributed by atoms with Gasteiger partial charge in [-0.3, -0.25) is 4.79 Å². The standard InChI is InChI=1S/C17H15Br2N5OS/c18-9-5-11-14(12(19)6-9)20-13(21-16(11)25)7-26-17-23-22-15(8-1-2-8)24(17)10-3-4-10/h5-6,8,10H,1-4,7H2,(H,20,21,25). The molecule has 2 aromatic heterocycles. The van der Waals surface area contributed by atoms with Crippen molar-refractivity contribution in [1.82, 2.24) is 24.7 Å². The van der Waals surface area contributed by atoms with E-state index in [1.165, 1.54) is 25.7 Å². The van der Waals surface area contributed by atoms with Crippen LogP contribution in [0.1, 0.15) is 49.3 Å². The molecule has 134 valence electrons. The Morgan fingerprint density at radius 2 is 2.00 bits per heavy atom. The van der Waals surface area contributed by atoms with E-state index >= 15 is 0 Å². The maximum Gasteiger partial charge on any atom is 0.258 e. The number of aromatic nitrogens is 5. The van der Waals surface area contributed by atoms with Gasteiger partial charge in [0.05, 0.1) is 16.7 Å². The maximum atomic E-state index is 12.4. The number of halogens is 2. The summed E-state index contributed by atoms with van der Waals surface area (Å²) in [7, 11) is 0. The fourth-order valence-electron chi connectivity index (χ4n) is 3.10. The zero-order valence-electron chi connectivity index (χ0n) is 13.7. The zero-order chi connectivity index (χ0) is 17.8. The van der Waals surface area contributed by atoms with E-state index in [-0.39, 0.29) is 5.56 Å². The van der Waals surface area contributed by atoms with Crippen molar-refractivity contribution in [2.75, 3.05) is 0 Å². The molecule has 0 amide bonds. The number of rotatable bonds is 5. The number of hydrogen-bond donors (Lipinski definition) is 1. The molecule has 5 rings (SSSR count). The van der Waals surface area contributed by atoms with Crippen LogP contribution in [0, 0.1) is 0 Å². The Kier molecular flexibility index (Phi) is 4.21. The average Bonchev–Trinajstić information content (AvgIpc) is 3.53. The van der Waals surface area contributed by atoms with Crippen molar-refractivity contribution in [3.8, 4) is 0 Å². The summed E-state index contributed by atoms with van der Waals surface area (Å²) < 4.78 is 3.96.